The lowest BCUT2D eigenvalue weighted by Crippen LogP contribution is -2.41. The van der Waals surface area contributed by atoms with Gasteiger partial charge in [-0.15, -0.1) is 0 Å². The highest BCUT2D eigenvalue weighted by Crippen LogP contribution is 2.36. The monoisotopic (exact) mass is 353 g/mol. The average Bonchev–Trinajstić information content (AvgIpc) is 2.70. The first-order valence-electron chi connectivity index (χ1n) is 7.09. The minimum atomic E-state index is -1.64. The van der Waals surface area contributed by atoms with Gasteiger partial charge >= 0.3 is 0 Å². The molecule has 0 fully saturated rings. The molecule has 20 heavy (non-hydrogen) atoms. The number of nitrogens with zero attached hydrogens (tertiary/aromatic N) is 1. The second kappa shape index (κ2) is 5.66. The van der Waals surface area contributed by atoms with E-state index in [2.05, 4.69) is 84.8 Å². The van der Waals surface area contributed by atoms with Gasteiger partial charge in [-0.05, 0) is 41.7 Å². The Morgan fingerprint density at radius 3 is 2.55 bits per heavy atom. The number of benzene rings is 1. The van der Waals surface area contributed by atoms with E-state index in [-0.39, 0.29) is 5.04 Å². The van der Waals surface area contributed by atoms with Crippen LogP contribution in [0.4, 0.5) is 0 Å². The van der Waals surface area contributed by atoms with Crippen molar-refractivity contribution in [2.24, 2.45) is 0 Å². The predicted molar refractivity (Wildman–Crippen MR) is 92.8 cm³/mol. The summed E-state index contributed by atoms with van der Waals surface area (Å²) in [5.41, 5.74) is 1.26. The molecule has 0 amide bonds. The Bertz CT molecular complexity index is 598. The van der Waals surface area contributed by atoms with E-state index in [1.807, 2.05) is 0 Å². The smallest absolute Gasteiger partial charge is 0.192 e. The summed E-state index contributed by atoms with van der Waals surface area (Å²) in [5, 5.41) is 1.55. The summed E-state index contributed by atoms with van der Waals surface area (Å²) in [6.45, 7) is 13.1. The number of fused-ring (bicyclic) bond motifs is 1. The van der Waals surface area contributed by atoms with Crippen molar-refractivity contribution in [2.75, 3.05) is 6.61 Å². The molecule has 2 rings (SSSR count). The molecule has 0 bridgehead atoms. The first-order valence-corrected chi connectivity index (χ1v) is 10.8. The van der Waals surface area contributed by atoms with Crippen molar-refractivity contribution < 1.29 is 4.43 Å². The van der Waals surface area contributed by atoms with Crippen LogP contribution in [0, 0.1) is 0 Å². The van der Waals surface area contributed by atoms with Gasteiger partial charge in [0.1, 0.15) is 0 Å². The lowest BCUT2D eigenvalue weighted by atomic mass is 10.2. The van der Waals surface area contributed by atoms with E-state index in [0.29, 0.717) is 0 Å². The zero-order chi connectivity index (χ0) is 15.0. The first-order chi connectivity index (χ1) is 9.21. The van der Waals surface area contributed by atoms with Crippen molar-refractivity contribution in [1.82, 2.24) is 4.57 Å². The summed E-state index contributed by atoms with van der Waals surface area (Å²) in [7, 11) is -1.64. The quantitative estimate of drug-likeness (QED) is 0.668. The Labute approximate surface area is 131 Å². The van der Waals surface area contributed by atoms with Gasteiger partial charge in [0.15, 0.2) is 8.32 Å². The molecule has 0 saturated heterocycles. The van der Waals surface area contributed by atoms with Gasteiger partial charge in [-0.2, -0.15) is 0 Å². The molecule has 4 heteroatoms. The summed E-state index contributed by atoms with van der Waals surface area (Å²) < 4.78 is 9.64. The fourth-order valence-electron chi connectivity index (χ4n) is 1.97. The topological polar surface area (TPSA) is 14.2 Å². The lowest BCUT2D eigenvalue weighted by Gasteiger charge is -2.36. The molecule has 2 nitrogen and oxygen atoms in total. The van der Waals surface area contributed by atoms with Crippen molar-refractivity contribution >= 4 is 35.2 Å². The normalized spacial score (nSPS) is 13.1. The fraction of sp³-hybridized carbons (Fsp3) is 0.500. The highest BCUT2D eigenvalue weighted by atomic mass is 79.9. The van der Waals surface area contributed by atoms with Crippen molar-refractivity contribution in [3.8, 4) is 0 Å². The van der Waals surface area contributed by atoms with Crippen LogP contribution in [0.25, 0.3) is 10.9 Å². The zero-order valence-corrected chi connectivity index (χ0v) is 15.6. The van der Waals surface area contributed by atoms with E-state index in [4.69, 9.17) is 4.43 Å². The Hall–Kier alpha value is -0.583. The highest BCUT2D eigenvalue weighted by molar-refractivity contribution is 9.10. The van der Waals surface area contributed by atoms with Crippen molar-refractivity contribution in [1.29, 1.82) is 0 Å². The number of hydrogen-bond donors (Lipinski definition) is 0. The Kier molecular flexibility index (Phi) is 4.47. The number of halogens is 1. The van der Waals surface area contributed by atoms with E-state index in [1.165, 1.54) is 10.9 Å². The minimum absolute atomic E-state index is 0.273. The van der Waals surface area contributed by atoms with Crippen LogP contribution in [0.5, 0.6) is 0 Å². The SMILES string of the molecule is CC(C)(C)[Si](C)(C)OCCn1ccc2ccc(Br)cc21. The summed E-state index contributed by atoms with van der Waals surface area (Å²) in [6.07, 6.45) is 2.14. The van der Waals surface area contributed by atoms with Crippen LogP contribution >= 0.6 is 15.9 Å². The Morgan fingerprint density at radius 1 is 1.20 bits per heavy atom. The third-order valence-electron chi connectivity index (χ3n) is 4.34. The summed E-state index contributed by atoms with van der Waals surface area (Å²) in [6, 6.07) is 8.55. The fourth-order valence-corrected chi connectivity index (χ4v) is 3.35. The van der Waals surface area contributed by atoms with E-state index in [0.717, 1.165) is 17.6 Å². The molecule has 1 heterocycles. The molecular formula is C16H24BrNOSi. The highest BCUT2D eigenvalue weighted by Gasteiger charge is 2.36. The summed E-state index contributed by atoms with van der Waals surface area (Å²) in [5.74, 6) is 0. The standard InChI is InChI=1S/C16H24BrNOSi/c1-16(2,3)20(4,5)19-11-10-18-9-8-13-6-7-14(17)12-15(13)18/h6-9,12H,10-11H2,1-5H3. The molecule has 1 aromatic heterocycles. The zero-order valence-electron chi connectivity index (χ0n) is 13.0. The van der Waals surface area contributed by atoms with Crippen molar-refractivity contribution in [3.05, 3.63) is 34.9 Å². The second-order valence-electron chi connectivity index (χ2n) is 6.82. The third kappa shape index (κ3) is 3.35. The summed E-state index contributed by atoms with van der Waals surface area (Å²) in [4.78, 5) is 0. The van der Waals surface area contributed by atoms with E-state index >= 15 is 0 Å². The first kappa shape index (κ1) is 15.8. The van der Waals surface area contributed by atoms with Gasteiger partial charge in [0.25, 0.3) is 0 Å². The van der Waals surface area contributed by atoms with Crippen LogP contribution in [-0.2, 0) is 11.0 Å². The molecule has 1 aromatic carbocycles. The molecular weight excluding hydrogens is 330 g/mol. The van der Waals surface area contributed by atoms with Crippen molar-refractivity contribution in [2.45, 2.75) is 45.4 Å². The largest absolute Gasteiger partial charge is 0.415 e. The maximum Gasteiger partial charge on any atom is 0.192 e. The molecule has 0 unspecified atom stereocenters. The van der Waals surface area contributed by atoms with Crippen LogP contribution in [0.3, 0.4) is 0 Å². The molecule has 0 saturated carbocycles. The molecule has 0 aliphatic carbocycles. The minimum Gasteiger partial charge on any atom is -0.415 e. The van der Waals surface area contributed by atoms with Gasteiger partial charge in [-0.25, -0.2) is 0 Å². The number of hydrogen-bond acceptors (Lipinski definition) is 1. The van der Waals surface area contributed by atoms with E-state index in [1.54, 1.807) is 0 Å². The van der Waals surface area contributed by atoms with E-state index in [9.17, 15) is 0 Å². The van der Waals surface area contributed by atoms with Crippen LogP contribution in [-0.4, -0.2) is 19.5 Å². The number of aromatic nitrogens is 1. The molecule has 0 N–H and O–H groups in total. The average molecular weight is 354 g/mol. The predicted octanol–water partition coefficient (Wildman–Crippen LogP) is 5.43. The van der Waals surface area contributed by atoms with Crippen LogP contribution in [0.1, 0.15) is 20.8 Å². The van der Waals surface area contributed by atoms with Crippen LogP contribution in [0.15, 0.2) is 34.9 Å². The molecule has 0 radical (unpaired) electrons. The summed E-state index contributed by atoms with van der Waals surface area (Å²) >= 11 is 3.54. The van der Waals surface area contributed by atoms with Gasteiger partial charge in [-0.1, -0.05) is 42.8 Å². The van der Waals surface area contributed by atoms with Gasteiger partial charge in [-0.3, -0.25) is 0 Å². The maximum absolute atomic E-state index is 6.25. The lowest BCUT2D eigenvalue weighted by molar-refractivity contribution is 0.273. The molecule has 0 aliphatic heterocycles. The Morgan fingerprint density at radius 2 is 1.90 bits per heavy atom. The van der Waals surface area contributed by atoms with Crippen molar-refractivity contribution in [3.63, 3.8) is 0 Å². The molecule has 0 atom stereocenters. The van der Waals surface area contributed by atoms with Gasteiger partial charge in [0, 0.05) is 22.7 Å². The molecule has 110 valence electrons. The number of rotatable bonds is 4. The molecule has 0 spiro atoms. The van der Waals surface area contributed by atoms with E-state index < -0.39 is 8.32 Å². The van der Waals surface area contributed by atoms with Crippen LogP contribution < -0.4 is 0 Å². The maximum atomic E-state index is 6.25. The molecule has 2 aromatic rings. The van der Waals surface area contributed by atoms with Gasteiger partial charge < -0.3 is 8.99 Å². The van der Waals surface area contributed by atoms with Crippen LogP contribution in [0.2, 0.25) is 18.1 Å². The molecule has 0 aliphatic rings. The Balaban J connectivity index is 2.05. The van der Waals surface area contributed by atoms with Gasteiger partial charge in [0.2, 0.25) is 0 Å². The van der Waals surface area contributed by atoms with Gasteiger partial charge in [0.05, 0.1) is 6.61 Å². The second-order valence-corrected chi connectivity index (χ2v) is 12.5. The third-order valence-corrected chi connectivity index (χ3v) is 9.37.